The van der Waals surface area contributed by atoms with E-state index in [1.807, 2.05) is 97.9 Å². The predicted octanol–water partition coefficient (Wildman–Crippen LogP) is 5.10. The summed E-state index contributed by atoms with van der Waals surface area (Å²) in [6, 6.07) is 22.2. The lowest BCUT2D eigenvalue weighted by atomic mass is 9.95. The summed E-state index contributed by atoms with van der Waals surface area (Å²) in [5.74, 6) is 0.165. The summed E-state index contributed by atoms with van der Waals surface area (Å²) >= 11 is 7.29. The maximum Gasteiger partial charge on any atom is 0.338 e. The number of thiazole rings is 1. The van der Waals surface area contributed by atoms with E-state index in [-0.39, 0.29) is 12.2 Å². The molecule has 1 aliphatic heterocycles. The number of fused-ring (bicyclic) bond motifs is 1. The average Bonchev–Trinajstić information content (AvgIpc) is 3.26. The zero-order valence-electron chi connectivity index (χ0n) is 23.3. The van der Waals surface area contributed by atoms with Crippen molar-refractivity contribution in [1.29, 1.82) is 0 Å². The van der Waals surface area contributed by atoms with Crippen LogP contribution in [0.25, 0.3) is 6.08 Å². The van der Waals surface area contributed by atoms with Crippen LogP contribution in [0.5, 0.6) is 5.75 Å². The first-order valence-electron chi connectivity index (χ1n) is 13.2. The van der Waals surface area contributed by atoms with Crippen LogP contribution in [-0.4, -0.2) is 31.2 Å². The predicted molar refractivity (Wildman–Crippen MR) is 163 cm³/mol. The molecule has 1 aliphatic rings. The molecular formula is C32H30ClN3O4S. The largest absolute Gasteiger partial charge is 0.488 e. The normalized spacial score (nSPS) is 14.9. The molecule has 9 heteroatoms. The van der Waals surface area contributed by atoms with Gasteiger partial charge in [-0.2, -0.15) is 0 Å². The van der Waals surface area contributed by atoms with E-state index in [2.05, 4.69) is 4.99 Å². The molecule has 41 heavy (non-hydrogen) atoms. The van der Waals surface area contributed by atoms with E-state index in [9.17, 15) is 9.59 Å². The number of benzene rings is 3. The number of aromatic nitrogens is 1. The summed E-state index contributed by atoms with van der Waals surface area (Å²) in [5, 5.41) is 0.665. The third-order valence-corrected chi connectivity index (χ3v) is 7.99. The van der Waals surface area contributed by atoms with Gasteiger partial charge in [-0.3, -0.25) is 9.36 Å². The van der Waals surface area contributed by atoms with Crippen molar-refractivity contribution in [3.63, 3.8) is 0 Å². The number of halogens is 1. The van der Waals surface area contributed by atoms with Gasteiger partial charge in [0.1, 0.15) is 12.4 Å². The number of carbonyl (C=O) groups is 1. The van der Waals surface area contributed by atoms with Crippen molar-refractivity contribution >= 4 is 40.7 Å². The minimum Gasteiger partial charge on any atom is -0.488 e. The van der Waals surface area contributed by atoms with E-state index in [1.54, 1.807) is 18.4 Å². The van der Waals surface area contributed by atoms with Gasteiger partial charge in [-0.25, -0.2) is 9.79 Å². The van der Waals surface area contributed by atoms with Crippen LogP contribution in [0.4, 0.5) is 5.69 Å². The summed E-state index contributed by atoms with van der Waals surface area (Å²) in [7, 11) is 3.92. The van der Waals surface area contributed by atoms with Gasteiger partial charge in [-0.05, 0) is 61.4 Å². The number of anilines is 1. The number of ether oxygens (including phenoxy) is 2. The lowest BCUT2D eigenvalue weighted by molar-refractivity contribution is -0.139. The summed E-state index contributed by atoms with van der Waals surface area (Å²) in [5.41, 5.74) is 4.20. The first-order valence-corrected chi connectivity index (χ1v) is 14.4. The fraction of sp³-hybridized carbons (Fsp3) is 0.219. The lowest BCUT2D eigenvalue weighted by Crippen LogP contribution is -2.40. The standard InChI is InChI=1S/C32H30ClN3O4S/c1-5-39-31(38)28-20(2)34-32-36(29(28)22-12-16-25(17-13-22)35(3)4)30(37)27(41-32)18-23-8-6-7-9-26(23)40-19-21-10-14-24(33)15-11-21/h6-18,29H,5,19H2,1-4H3/b27-18-/t29-/m0/s1. The third-order valence-electron chi connectivity index (χ3n) is 6.76. The van der Waals surface area contributed by atoms with E-state index < -0.39 is 12.0 Å². The number of para-hydroxylation sites is 1. The number of rotatable bonds is 8. The molecule has 0 bridgehead atoms. The third kappa shape index (κ3) is 5.99. The molecule has 210 valence electrons. The van der Waals surface area contributed by atoms with Crippen molar-refractivity contribution in [2.75, 3.05) is 25.6 Å². The molecule has 0 amide bonds. The molecule has 3 aromatic carbocycles. The van der Waals surface area contributed by atoms with E-state index in [1.165, 1.54) is 11.3 Å². The summed E-state index contributed by atoms with van der Waals surface area (Å²) in [6.45, 7) is 4.12. The lowest BCUT2D eigenvalue weighted by Gasteiger charge is -2.25. The number of esters is 1. The monoisotopic (exact) mass is 587 g/mol. The summed E-state index contributed by atoms with van der Waals surface area (Å²) in [4.78, 5) is 34.3. The van der Waals surface area contributed by atoms with Gasteiger partial charge in [0, 0.05) is 30.4 Å². The molecule has 0 radical (unpaired) electrons. The van der Waals surface area contributed by atoms with Gasteiger partial charge in [0.15, 0.2) is 4.80 Å². The molecule has 0 aliphatic carbocycles. The van der Waals surface area contributed by atoms with Crippen LogP contribution in [0.1, 0.15) is 36.6 Å². The molecule has 2 heterocycles. The van der Waals surface area contributed by atoms with Gasteiger partial charge in [-0.15, -0.1) is 0 Å². The second-order valence-electron chi connectivity index (χ2n) is 9.74. The molecule has 0 spiro atoms. The van der Waals surface area contributed by atoms with E-state index in [4.69, 9.17) is 21.1 Å². The molecule has 1 atom stereocenters. The Morgan fingerprint density at radius 1 is 1.07 bits per heavy atom. The van der Waals surface area contributed by atoms with E-state index in [0.29, 0.717) is 38.0 Å². The highest BCUT2D eigenvalue weighted by atomic mass is 35.5. The van der Waals surface area contributed by atoms with Crippen molar-refractivity contribution in [1.82, 2.24) is 4.57 Å². The first kappa shape index (κ1) is 28.4. The highest BCUT2D eigenvalue weighted by Crippen LogP contribution is 2.31. The smallest absolute Gasteiger partial charge is 0.338 e. The molecule has 0 saturated heterocycles. The maximum absolute atomic E-state index is 14.0. The topological polar surface area (TPSA) is 73.1 Å². The Balaban J connectivity index is 1.59. The number of carbonyl (C=O) groups excluding carboxylic acids is 1. The number of hydrogen-bond donors (Lipinski definition) is 0. The van der Waals surface area contributed by atoms with Crippen LogP contribution in [0.3, 0.4) is 0 Å². The number of nitrogens with zero attached hydrogens (tertiary/aromatic N) is 3. The highest BCUT2D eigenvalue weighted by molar-refractivity contribution is 7.07. The Labute approximate surface area is 247 Å². The quantitative estimate of drug-likeness (QED) is 0.268. The first-order chi connectivity index (χ1) is 19.8. The van der Waals surface area contributed by atoms with Crippen LogP contribution < -0.4 is 24.5 Å². The van der Waals surface area contributed by atoms with Crippen LogP contribution in [0, 0.1) is 0 Å². The Hall–Kier alpha value is -4.14. The maximum atomic E-state index is 14.0. The van der Waals surface area contributed by atoms with Crippen molar-refractivity contribution in [3.8, 4) is 5.75 Å². The molecule has 0 unspecified atom stereocenters. The van der Waals surface area contributed by atoms with Crippen molar-refractivity contribution in [3.05, 3.63) is 125 Å². The van der Waals surface area contributed by atoms with E-state index >= 15 is 0 Å². The fourth-order valence-electron chi connectivity index (χ4n) is 4.68. The second kappa shape index (κ2) is 12.2. The fourth-order valence-corrected chi connectivity index (χ4v) is 5.84. The highest BCUT2D eigenvalue weighted by Gasteiger charge is 2.33. The van der Waals surface area contributed by atoms with Gasteiger partial charge in [0.25, 0.3) is 5.56 Å². The summed E-state index contributed by atoms with van der Waals surface area (Å²) < 4.78 is 13.6. The number of allylic oxidation sites excluding steroid dienone is 1. The molecular weight excluding hydrogens is 558 g/mol. The molecule has 4 aromatic rings. The van der Waals surface area contributed by atoms with Gasteiger partial charge in [0.05, 0.1) is 28.5 Å². The zero-order chi connectivity index (χ0) is 29.1. The molecule has 0 fully saturated rings. The zero-order valence-corrected chi connectivity index (χ0v) is 24.8. The Morgan fingerprint density at radius 2 is 1.78 bits per heavy atom. The molecule has 5 rings (SSSR count). The second-order valence-corrected chi connectivity index (χ2v) is 11.2. The van der Waals surface area contributed by atoms with E-state index in [0.717, 1.165) is 22.4 Å². The Kier molecular flexibility index (Phi) is 8.42. The van der Waals surface area contributed by atoms with Gasteiger partial charge >= 0.3 is 5.97 Å². The minimum atomic E-state index is -0.667. The van der Waals surface area contributed by atoms with Gasteiger partial charge in [0.2, 0.25) is 0 Å². The van der Waals surface area contributed by atoms with Crippen LogP contribution in [-0.2, 0) is 16.1 Å². The molecule has 7 nitrogen and oxygen atoms in total. The van der Waals surface area contributed by atoms with Gasteiger partial charge < -0.3 is 14.4 Å². The Morgan fingerprint density at radius 3 is 2.46 bits per heavy atom. The van der Waals surface area contributed by atoms with Crippen LogP contribution in [0.2, 0.25) is 5.02 Å². The molecule has 0 N–H and O–H groups in total. The average molecular weight is 588 g/mol. The minimum absolute atomic E-state index is 0.221. The SMILES string of the molecule is CCOC(=O)C1=C(C)N=c2s/c(=C\c3ccccc3OCc3ccc(Cl)cc3)c(=O)n2[C@H]1c1ccc(N(C)C)cc1. The summed E-state index contributed by atoms with van der Waals surface area (Å²) in [6.07, 6.45) is 1.82. The molecule has 0 saturated carbocycles. The van der Waals surface area contributed by atoms with Crippen LogP contribution in [0.15, 0.2) is 93.9 Å². The van der Waals surface area contributed by atoms with Crippen molar-refractivity contribution in [2.45, 2.75) is 26.5 Å². The van der Waals surface area contributed by atoms with Crippen LogP contribution >= 0.6 is 22.9 Å². The number of hydrogen-bond acceptors (Lipinski definition) is 7. The van der Waals surface area contributed by atoms with Gasteiger partial charge in [-0.1, -0.05) is 65.4 Å². The van der Waals surface area contributed by atoms with Crippen molar-refractivity contribution < 1.29 is 14.3 Å². The Bertz CT molecular complexity index is 1790. The molecule has 1 aromatic heterocycles. The van der Waals surface area contributed by atoms with Crippen molar-refractivity contribution in [2.24, 2.45) is 4.99 Å².